The molecule has 0 radical (unpaired) electrons. The van der Waals surface area contributed by atoms with Gasteiger partial charge in [0, 0.05) is 23.6 Å². The van der Waals surface area contributed by atoms with E-state index in [1.807, 2.05) is 97.1 Å². The summed E-state index contributed by atoms with van der Waals surface area (Å²) in [6.45, 7) is 1.30. The van der Waals surface area contributed by atoms with Crippen molar-refractivity contribution in [1.82, 2.24) is 4.98 Å². The van der Waals surface area contributed by atoms with Gasteiger partial charge in [-0.05, 0) is 35.7 Å². The van der Waals surface area contributed by atoms with Crippen LogP contribution < -0.4 is 4.89 Å². The lowest BCUT2D eigenvalue weighted by molar-refractivity contribution is -0.210. The molecule has 0 unspecified atom stereocenters. The Morgan fingerprint density at radius 3 is 2.23 bits per heavy atom. The summed E-state index contributed by atoms with van der Waals surface area (Å²) in [7, 11) is 0. The van der Waals surface area contributed by atoms with Crippen LogP contribution in [0.1, 0.15) is 18.1 Å². The van der Waals surface area contributed by atoms with Crippen LogP contribution in [0.5, 0.6) is 5.75 Å². The molecular formula is C30H23NO4. The lowest BCUT2D eigenvalue weighted by atomic mass is 9.99. The summed E-state index contributed by atoms with van der Waals surface area (Å²) in [6, 6.07) is 35.6. The first kappa shape index (κ1) is 22.2. The van der Waals surface area contributed by atoms with Gasteiger partial charge in [0.15, 0.2) is 11.5 Å². The Kier molecular flexibility index (Phi) is 6.39. The van der Waals surface area contributed by atoms with Crippen LogP contribution in [-0.4, -0.2) is 11.0 Å². The highest BCUT2D eigenvalue weighted by molar-refractivity contribution is 5.79. The highest BCUT2D eigenvalue weighted by Gasteiger charge is 2.19. The van der Waals surface area contributed by atoms with E-state index in [1.165, 1.54) is 6.92 Å². The van der Waals surface area contributed by atoms with Crippen molar-refractivity contribution in [1.29, 1.82) is 0 Å². The zero-order valence-electron chi connectivity index (χ0n) is 19.2. The second-order valence-corrected chi connectivity index (χ2v) is 8.07. The molecule has 0 saturated carbocycles. The van der Waals surface area contributed by atoms with Crippen LogP contribution >= 0.6 is 0 Å². The van der Waals surface area contributed by atoms with Crippen LogP contribution in [0.2, 0.25) is 0 Å². The predicted molar refractivity (Wildman–Crippen MR) is 134 cm³/mol. The van der Waals surface area contributed by atoms with Crippen LogP contribution in [-0.2, 0) is 16.1 Å². The van der Waals surface area contributed by atoms with Gasteiger partial charge in [-0.3, -0.25) is 9.78 Å². The van der Waals surface area contributed by atoms with Gasteiger partial charge in [-0.2, -0.15) is 0 Å². The number of nitrogens with zero attached hydrogens (tertiary/aromatic N) is 1. The molecule has 4 aromatic carbocycles. The largest absolute Gasteiger partial charge is 0.435 e. The summed E-state index contributed by atoms with van der Waals surface area (Å²) < 4.78 is 6.42. The molecule has 0 amide bonds. The molecule has 5 nitrogen and oxygen atoms in total. The number of carbonyl (C=O) groups excluding carboxylic acids is 1. The lowest BCUT2D eigenvalue weighted by Crippen LogP contribution is -2.03. The normalized spacial score (nSPS) is 10.7. The topological polar surface area (TPSA) is 61.6 Å². The Balaban J connectivity index is 1.53. The first-order chi connectivity index (χ1) is 17.2. The number of aromatic nitrogens is 1. The zero-order valence-corrected chi connectivity index (χ0v) is 19.2. The molecule has 0 aliphatic rings. The Labute approximate surface area is 203 Å². The Bertz CT molecular complexity index is 1380. The number of hydrogen-bond acceptors (Lipinski definition) is 5. The van der Waals surface area contributed by atoms with Crippen molar-refractivity contribution in [3.63, 3.8) is 0 Å². The number of oxazole rings is 1. The van der Waals surface area contributed by atoms with Crippen LogP contribution in [0.4, 0.5) is 0 Å². The van der Waals surface area contributed by atoms with E-state index in [9.17, 15) is 4.79 Å². The van der Waals surface area contributed by atoms with Crippen molar-refractivity contribution in [3.05, 3.63) is 120 Å². The molecule has 0 fully saturated rings. The summed E-state index contributed by atoms with van der Waals surface area (Å²) >= 11 is 0. The van der Waals surface area contributed by atoms with E-state index < -0.39 is 5.97 Å². The highest BCUT2D eigenvalue weighted by Crippen LogP contribution is 2.37. The van der Waals surface area contributed by atoms with E-state index in [2.05, 4.69) is 11.0 Å². The van der Waals surface area contributed by atoms with Gasteiger partial charge in [-0.25, -0.2) is 9.78 Å². The van der Waals surface area contributed by atoms with Crippen LogP contribution in [0, 0.1) is 0 Å². The first-order valence-electron chi connectivity index (χ1n) is 11.3. The van der Waals surface area contributed by atoms with Crippen LogP contribution in [0.25, 0.3) is 34.0 Å². The van der Waals surface area contributed by atoms with E-state index in [0.29, 0.717) is 18.1 Å². The zero-order chi connectivity index (χ0) is 24.0. The molecule has 35 heavy (non-hydrogen) atoms. The maximum Gasteiger partial charge on any atom is 0.352 e. The van der Waals surface area contributed by atoms with Gasteiger partial charge < -0.3 is 4.42 Å². The van der Waals surface area contributed by atoms with E-state index >= 15 is 0 Å². The molecule has 0 saturated heterocycles. The van der Waals surface area contributed by atoms with Crippen LogP contribution in [0.15, 0.2) is 114 Å². The third-order valence-corrected chi connectivity index (χ3v) is 5.51. The van der Waals surface area contributed by atoms with Crippen molar-refractivity contribution in [2.24, 2.45) is 0 Å². The molecule has 0 spiro atoms. The lowest BCUT2D eigenvalue weighted by Gasteiger charge is -2.08. The van der Waals surface area contributed by atoms with Gasteiger partial charge in [0.25, 0.3) is 0 Å². The van der Waals surface area contributed by atoms with Crippen molar-refractivity contribution >= 4 is 5.97 Å². The van der Waals surface area contributed by atoms with Crippen LogP contribution in [0.3, 0.4) is 0 Å². The number of rotatable bonds is 7. The van der Waals surface area contributed by atoms with Gasteiger partial charge >= 0.3 is 5.97 Å². The molecule has 1 heterocycles. The smallest absolute Gasteiger partial charge is 0.352 e. The van der Waals surface area contributed by atoms with Crippen molar-refractivity contribution < 1.29 is 19.0 Å². The maximum atomic E-state index is 11.1. The monoisotopic (exact) mass is 461 g/mol. The second-order valence-electron chi connectivity index (χ2n) is 8.07. The van der Waals surface area contributed by atoms with Gasteiger partial charge in [0.05, 0.1) is 0 Å². The Morgan fingerprint density at radius 1 is 0.800 bits per heavy atom. The molecule has 172 valence electrons. The van der Waals surface area contributed by atoms with Crippen molar-refractivity contribution in [3.8, 4) is 39.8 Å². The number of benzene rings is 4. The van der Waals surface area contributed by atoms with E-state index in [1.54, 1.807) is 6.07 Å². The van der Waals surface area contributed by atoms with Gasteiger partial charge in [-0.15, -0.1) is 0 Å². The highest BCUT2D eigenvalue weighted by atomic mass is 17.2. The van der Waals surface area contributed by atoms with E-state index in [0.717, 1.165) is 39.3 Å². The maximum absolute atomic E-state index is 11.1. The minimum absolute atomic E-state index is 0.462. The number of hydrogen-bond donors (Lipinski definition) is 0. The molecule has 5 aromatic rings. The molecule has 0 N–H and O–H groups in total. The standard InChI is InChI=1S/C30H23NO4/c1-21(32)34-35-26-17-10-11-22(20-26)19-25-16-8-9-18-27(25)30-31-28(23-12-4-2-5-13-23)29(33-30)24-14-6-3-7-15-24/h2-18,20H,19H2,1H3. The molecule has 0 aliphatic carbocycles. The second kappa shape index (κ2) is 10.1. The quantitative estimate of drug-likeness (QED) is 0.191. The third kappa shape index (κ3) is 5.14. The first-order valence-corrected chi connectivity index (χ1v) is 11.3. The molecule has 0 atom stereocenters. The molecule has 5 rings (SSSR count). The van der Waals surface area contributed by atoms with Crippen molar-refractivity contribution in [2.45, 2.75) is 13.3 Å². The van der Waals surface area contributed by atoms with E-state index in [4.69, 9.17) is 14.3 Å². The minimum atomic E-state index is -0.506. The summed E-state index contributed by atoms with van der Waals surface area (Å²) in [5.74, 6) is 1.25. The average Bonchev–Trinajstić information content (AvgIpc) is 3.34. The van der Waals surface area contributed by atoms with Gasteiger partial charge in [-0.1, -0.05) is 91.0 Å². The fourth-order valence-electron chi connectivity index (χ4n) is 3.93. The summed E-state index contributed by atoms with van der Waals surface area (Å²) in [5.41, 5.74) is 5.74. The Hall–Kier alpha value is -4.64. The SMILES string of the molecule is CC(=O)OOc1cccc(Cc2ccccc2-c2nc(-c3ccccc3)c(-c3ccccc3)o2)c1. The summed E-state index contributed by atoms with van der Waals surface area (Å²) in [6.07, 6.45) is 0.622. The summed E-state index contributed by atoms with van der Waals surface area (Å²) in [5, 5.41) is 0. The molecule has 5 heteroatoms. The predicted octanol–water partition coefficient (Wildman–Crippen LogP) is 7.12. The minimum Gasteiger partial charge on any atom is -0.435 e. The van der Waals surface area contributed by atoms with Gasteiger partial charge in [0.1, 0.15) is 5.69 Å². The molecular weight excluding hydrogens is 438 g/mol. The average molecular weight is 462 g/mol. The Morgan fingerprint density at radius 2 is 1.49 bits per heavy atom. The summed E-state index contributed by atoms with van der Waals surface area (Å²) in [4.78, 5) is 25.8. The third-order valence-electron chi connectivity index (χ3n) is 5.51. The fourth-order valence-corrected chi connectivity index (χ4v) is 3.93. The van der Waals surface area contributed by atoms with Crippen molar-refractivity contribution in [2.75, 3.05) is 0 Å². The molecule has 1 aromatic heterocycles. The molecule has 0 aliphatic heterocycles. The fraction of sp³-hybridized carbons (Fsp3) is 0.0667. The van der Waals surface area contributed by atoms with Gasteiger partial charge in [0.2, 0.25) is 5.89 Å². The van der Waals surface area contributed by atoms with E-state index in [-0.39, 0.29) is 0 Å². The number of carbonyl (C=O) groups is 1. The molecule has 0 bridgehead atoms.